The lowest BCUT2D eigenvalue weighted by atomic mass is 10.2. The van der Waals surface area contributed by atoms with Crippen LogP contribution in [0.2, 0.25) is 0 Å². The van der Waals surface area contributed by atoms with E-state index >= 15 is 0 Å². The lowest BCUT2D eigenvalue weighted by molar-refractivity contribution is -0.384. The molecule has 9 heteroatoms. The van der Waals surface area contributed by atoms with Gasteiger partial charge in [-0.15, -0.1) is 11.6 Å². The Bertz CT molecular complexity index is 509. The number of carbonyl (C=O) groups is 2. The van der Waals surface area contributed by atoms with Crippen molar-refractivity contribution in [2.45, 2.75) is 0 Å². The van der Waals surface area contributed by atoms with Crippen molar-refractivity contribution in [1.82, 2.24) is 5.32 Å². The molecule has 0 aliphatic carbocycles. The number of urea groups is 1. The molecule has 3 amide bonds. The number of hydrogen-bond donors (Lipinski definition) is 2. The molecule has 1 aromatic carbocycles. The first kappa shape index (κ1) is 13.8. The minimum atomic E-state index is -1.03. The quantitative estimate of drug-likeness (QED) is 0.497. The second-order valence-corrected chi connectivity index (χ2v) is 3.32. The van der Waals surface area contributed by atoms with E-state index in [1.54, 1.807) is 5.32 Å². The summed E-state index contributed by atoms with van der Waals surface area (Å²) < 4.78 is 12.9. The van der Waals surface area contributed by atoms with Gasteiger partial charge in [-0.3, -0.25) is 20.2 Å². The van der Waals surface area contributed by atoms with Crippen LogP contribution in [0.3, 0.4) is 0 Å². The van der Waals surface area contributed by atoms with Gasteiger partial charge in [0.05, 0.1) is 4.92 Å². The zero-order valence-electron chi connectivity index (χ0n) is 8.78. The fourth-order valence-electron chi connectivity index (χ4n) is 1.08. The molecule has 0 bridgehead atoms. The Hall–Kier alpha value is -2.22. The highest BCUT2D eigenvalue weighted by Crippen LogP contribution is 2.24. The van der Waals surface area contributed by atoms with Crippen LogP contribution in [0.1, 0.15) is 0 Å². The molecule has 96 valence electrons. The van der Waals surface area contributed by atoms with Crippen LogP contribution in [-0.4, -0.2) is 22.7 Å². The van der Waals surface area contributed by atoms with Crippen molar-refractivity contribution in [1.29, 1.82) is 0 Å². The number of imide groups is 1. The fraction of sp³-hybridized carbons (Fsp3) is 0.111. The lowest BCUT2D eigenvalue weighted by Gasteiger charge is -2.06. The molecule has 0 unspecified atom stereocenters. The summed E-state index contributed by atoms with van der Waals surface area (Å²) in [6.07, 6.45) is 0. The molecule has 0 heterocycles. The Morgan fingerprint density at radius 2 is 2.11 bits per heavy atom. The molecule has 0 saturated carbocycles. The van der Waals surface area contributed by atoms with Gasteiger partial charge >= 0.3 is 6.03 Å². The number of alkyl halides is 1. The van der Waals surface area contributed by atoms with Gasteiger partial charge in [0.15, 0.2) is 0 Å². The first-order valence-electron chi connectivity index (χ1n) is 4.54. The summed E-state index contributed by atoms with van der Waals surface area (Å²) in [6, 6.07) is 1.51. The average Bonchev–Trinajstić information content (AvgIpc) is 2.28. The molecular weight excluding hydrogens is 269 g/mol. The number of nitro benzene ring substituents is 1. The maximum atomic E-state index is 12.9. The SMILES string of the molecule is O=C(CCl)NC(=O)Nc1cc(F)ccc1[N+](=O)[O-]. The van der Waals surface area contributed by atoms with Crippen LogP contribution >= 0.6 is 11.6 Å². The Morgan fingerprint density at radius 1 is 1.44 bits per heavy atom. The van der Waals surface area contributed by atoms with Crippen molar-refractivity contribution >= 4 is 34.9 Å². The van der Waals surface area contributed by atoms with Gasteiger partial charge in [0.2, 0.25) is 5.91 Å². The monoisotopic (exact) mass is 275 g/mol. The fourth-order valence-corrected chi connectivity index (χ4v) is 1.15. The van der Waals surface area contributed by atoms with Crippen LogP contribution in [0.5, 0.6) is 0 Å². The van der Waals surface area contributed by atoms with Gasteiger partial charge in [0.25, 0.3) is 5.69 Å². The van der Waals surface area contributed by atoms with E-state index in [0.717, 1.165) is 18.2 Å². The Balaban J connectivity index is 2.89. The highest BCUT2D eigenvalue weighted by molar-refractivity contribution is 6.28. The Morgan fingerprint density at radius 3 is 2.67 bits per heavy atom. The predicted octanol–water partition coefficient (Wildman–Crippen LogP) is 1.62. The number of halogens is 2. The molecule has 18 heavy (non-hydrogen) atoms. The number of nitro groups is 1. The number of anilines is 1. The van der Waals surface area contributed by atoms with E-state index < -0.39 is 34.2 Å². The molecule has 0 saturated heterocycles. The molecule has 0 radical (unpaired) electrons. The van der Waals surface area contributed by atoms with Crippen LogP contribution in [0.15, 0.2) is 18.2 Å². The number of hydrogen-bond acceptors (Lipinski definition) is 4. The highest BCUT2D eigenvalue weighted by atomic mass is 35.5. The molecule has 0 aliphatic rings. The highest BCUT2D eigenvalue weighted by Gasteiger charge is 2.17. The molecule has 1 rings (SSSR count). The maximum Gasteiger partial charge on any atom is 0.326 e. The zero-order chi connectivity index (χ0) is 13.7. The summed E-state index contributed by atoms with van der Waals surface area (Å²) in [7, 11) is 0. The van der Waals surface area contributed by atoms with E-state index in [2.05, 4.69) is 0 Å². The molecule has 1 aromatic rings. The summed E-state index contributed by atoms with van der Waals surface area (Å²) in [4.78, 5) is 31.8. The maximum absolute atomic E-state index is 12.9. The van der Waals surface area contributed by atoms with Crippen molar-refractivity contribution in [3.63, 3.8) is 0 Å². The van der Waals surface area contributed by atoms with Gasteiger partial charge in [-0.1, -0.05) is 0 Å². The number of nitrogens with one attached hydrogen (secondary N) is 2. The first-order chi connectivity index (χ1) is 8.43. The van der Waals surface area contributed by atoms with Crippen molar-refractivity contribution in [3.05, 3.63) is 34.1 Å². The van der Waals surface area contributed by atoms with Crippen LogP contribution in [0.25, 0.3) is 0 Å². The standard InChI is InChI=1S/C9H7ClFN3O4/c10-4-8(15)13-9(16)12-6-3-5(11)1-2-7(6)14(17)18/h1-3H,4H2,(H2,12,13,15,16). The van der Waals surface area contributed by atoms with Crippen molar-refractivity contribution in [3.8, 4) is 0 Å². The topological polar surface area (TPSA) is 101 Å². The minimum Gasteiger partial charge on any atom is -0.302 e. The summed E-state index contributed by atoms with van der Waals surface area (Å²) in [5.74, 6) is -1.99. The third-order valence-corrected chi connectivity index (χ3v) is 2.02. The first-order valence-corrected chi connectivity index (χ1v) is 5.08. The Labute approximate surface area is 105 Å². The summed E-state index contributed by atoms with van der Waals surface area (Å²) in [5.41, 5.74) is -0.857. The number of nitrogens with zero attached hydrogens (tertiary/aromatic N) is 1. The number of rotatable bonds is 3. The predicted molar refractivity (Wildman–Crippen MR) is 60.9 cm³/mol. The Kier molecular flexibility index (Phi) is 4.55. The van der Waals surface area contributed by atoms with Crippen molar-refractivity contribution < 1.29 is 18.9 Å². The van der Waals surface area contributed by atoms with Crippen molar-refractivity contribution in [2.24, 2.45) is 0 Å². The largest absolute Gasteiger partial charge is 0.326 e. The minimum absolute atomic E-state index is 0.361. The normalized spacial score (nSPS) is 9.67. The van der Waals surface area contributed by atoms with Gasteiger partial charge in [0.1, 0.15) is 17.4 Å². The van der Waals surface area contributed by atoms with Gasteiger partial charge in [-0.25, -0.2) is 9.18 Å². The number of benzene rings is 1. The molecule has 0 spiro atoms. The van der Waals surface area contributed by atoms with Gasteiger partial charge in [-0.2, -0.15) is 0 Å². The third-order valence-electron chi connectivity index (χ3n) is 1.78. The average molecular weight is 276 g/mol. The zero-order valence-corrected chi connectivity index (χ0v) is 9.53. The van der Waals surface area contributed by atoms with Gasteiger partial charge in [0, 0.05) is 12.1 Å². The second-order valence-electron chi connectivity index (χ2n) is 3.05. The van der Waals surface area contributed by atoms with Crippen LogP contribution in [-0.2, 0) is 4.79 Å². The molecule has 0 atom stereocenters. The van der Waals surface area contributed by atoms with E-state index in [1.165, 1.54) is 0 Å². The van der Waals surface area contributed by atoms with Crippen LogP contribution in [0.4, 0.5) is 20.6 Å². The number of amides is 3. The third kappa shape index (κ3) is 3.67. The molecular formula is C9H7ClFN3O4. The van der Waals surface area contributed by atoms with E-state index in [9.17, 15) is 24.1 Å². The number of carbonyl (C=O) groups excluding carboxylic acids is 2. The molecule has 0 aliphatic heterocycles. The van der Waals surface area contributed by atoms with Gasteiger partial charge in [-0.05, 0) is 6.07 Å². The summed E-state index contributed by atoms with van der Waals surface area (Å²) >= 11 is 5.15. The molecule has 0 fully saturated rings. The lowest BCUT2D eigenvalue weighted by Crippen LogP contribution is -2.35. The van der Waals surface area contributed by atoms with Crippen LogP contribution < -0.4 is 10.6 Å². The molecule has 7 nitrogen and oxygen atoms in total. The van der Waals surface area contributed by atoms with Crippen molar-refractivity contribution in [2.75, 3.05) is 11.2 Å². The smallest absolute Gasteiger partial charge is 0.302 e. The van der Waals surface area contributed by atoms with E-state index in [4.69, 9.17) is 11.6 Å². The van der Waals surface area contributed by atoms with E-state index in [-0.39, 0.29) is 5.69 Å². The van der Waals surface area contributed by atoms with Crippen LogP contribution in [0, 0.1) is 15.9 Å². The van der Waals surface area contributed by atoms with Gasteiger partial charge < -0.3 is 5.32 Å². The summed E-state index contributed by atoms with van der Waals surface area (Å²) in [5, 5.41) is 14.4. The molecule has 0 aromatic heterocycles. The summed E-state index contributed by atoms with van der Waals surface area (Å²) in [6.45, 7) is 0. The van der Waals surface area contributed by atoms with E-state index in [0.29, 0.717) is 0 Å². The van der Waals surface area contributed by atoms with E-state index in [1.807, 2.05) is 5.32 Å². The molecule has 2 N–H and O–H groups in total. The second kappa shape index (κ2) is 5.92.